The van der Waals surface area contributed by atoms with E-state index in [1.165, 1.54) is 0 Å². The van der Waals surface area contributed by atoms with E-state index in [9.17, 15) is 9.59 Å². The molecule has 2 aromatic heterocycles. The molecule has 0 radical (unpaired) electrons. The van der Waals surface area contributed by atoms with Crippen LogP contribution in [0, 0.1) is 0 Å². The number of para-hydroxylation sites is 3. The molecular weight excluding hydrogens is 412 g/mol. The number of rotatable bonds is 3. The largest absolute Gasteiger partial charge is 0.326 e. The summed E-state index contributed by atoms with van der Waals surface area (Å²) < 4.78 is 2.16. The number of H-pyrrole nitrogens is 2. The van der Waals surface area contributed by atoms with Crippen molar-refractivity contribution in [3.05, 3.63) is 118 Å². The first-order chi connectivity index (χ1) is 16.2. The topological polar surface area (TPSA) is 83.5 Å². The minimum Gasteiger partial charge on any atom is -0.307 e. The summed E-state index contributed by atoms with van der Waals surface area (Å²) in [5, 5.41) is 0.446. The molecule has 6 heteroatoms. The zero-order valence-corrected chi connectivity index (χ0v) is 17.4. The normalized spacial score (nSPS) is 11.3. The molecule has 0 unspecified atom stereocenters. The molecule has 4 aromatic carbocycles. The maximum atomic E-state index is 12.2. The third kappa shape index (κ3) is 3.25. The molecule has 0 saturated heterocycles. The van der Waals surface area contributed by atoms with E-state index in [0.717, 1.165) is 39.2 Å². The Hall–Kier alpha value is -4.71. The SMILES string of the molecule is O=c1[nH]c(=O)c2cc(-c3ccc(-c4nc5ccccc5n4-c4ccccc4)cc3)ccc2[nH]1. The number of fused-ring (bicyclic) bond motifs is 2. The molecule has 0 bridgehead atoms. The highest BCUT2D eigenvalue weighted by Crippen LogP contribution is 2.30. The standard InChI is InChI=1S/C27H18N4O2/c32-26-21-16-19(14-15-22(21)29-27(33)30-26)17-10-12-18(13-11-17)25-28-23-8-4-5-9-24(23)31(25)20-6-2-1-3-7-20/h1-16H,(H2,29,30,32,33). The van der Waals surface area contributed by atoms with Gasteiger partial charge in [-0.15, -0.1) is 0 Å². The molecule has 2 heterocycles. The quantitative estimate of drug-likeness (QED) is 0.419. The first-order valence-corrected chi connectivity index (χ1v) is 10.6. The molecule has 0 aliphatic rings. The number of hydrogen-bond donors (Lipinski definition) is 2. The summed E-state index contributed by atoms with van der Waals surface area (Å²) in [4.78, 5) is 33.5. The van der Waals surface area contributed by atoms with Gasteiger partial charge < -0.3 is 4.98 Å². The smallest absolute Gasteiger partial charge is 0.307 e. The van der Waals surface area contributed by atoms with E-state index in [4.69, 9.17) is 4.98 Å². The number of nitrogens with zero attached hydrogens (tertiary/aromatic N) is 2. The molecule has 0 atom stereocenters. The van der Waals surface area contributed by atoms with E-state index in [-0.39, 0.29) is 0 Å². The van der Waals surface area contributed by atoms with E-state index >= 15 is 0 Å². The van der Waals surface area contributed by atoms with Crippen molar-refractivity contribution in [3.8, 4) is 28.2 Å². The second-order valence-corrected chi connectivity index (χ2v) is 7.84. The monoisotopic (exact) mass is 430 g/mol. The molecule has 158 valence electrons. The molecular formula is C27H18N4O2. The van der Waals surface area contributed by atoms with Gasteiger partial charge >= 0.3 is 5.69 Å². The van der Waals surface area contributed by atoms with Crippen molar-refractivity contribution in [3.63, 3.8) is 0 Å². The van der Waals surface area contributed by atoms with Crippen LogP contribution < -0.4 is 11.2 Å². The lowest BCUT2D eigenvalue weighted by atomic mass is 10.0. The number of hydrogen-bond acceptors (Lipinski definition) is 3. The second-order valence-electron chi connectivity index (χ2n) is 7.84. The Morgan fingerprint density at radius 3 is 2.18 bits per heavy atom. The van der Waals surface area contributed by atoms with Gasteiger partial charge in [-0.05, 0) is 47.5 Å². The van der Waals surface area contributed by atoms with Crippen molar-refractivity contribution in [2.75, 3.05) is 0 Å². The van der Waals surface area contributed by atoms with Gasteiger partial charge in [-0.1, -0.05) is 60.7 Å². The zero-order chi connectivity index (χ0) is 22.4. The summed E-state index contributed by atoms with van der Waals surface area (Å²) >= 11 is 0. The van der Waals surface area contributed by atoms with Crippen LogP contribution in [0.5, 0.6) is 0 Å². The predicted octanol–water partition coefficient (Wildman–Crippen LogP) is 4.89. The van der Waals surface area contributed by atoms with Crippen LogP contribution in [0.15, 0.2) is 107 Å². The van der Waals surface area contributed by atoms with Crippen molar-refractivity contribution >= 4 is 21.9 Å². The van der Waals surface area contributed by atoms with Crippen molar-refractivity contribution in [2.45, 2.75) is 0 Å². The fraction of sp³-hybridized carbons (Fsp3) is 0. The lowest BCUT2D eigenvalue weighted by Crippen LogP contribution is -2.21. The molecule has 0 amide bonds. The summed E-state index contributed by atoms with van der Waals surface area (Å²) in [7, 11) is 0. The number of aromatic amines is 2. The van der Waals surface area contributed by atoms with Crippen LogP contribution >= 0.6 is 0 Å². The van der Waals surface area contributed by atoms with Gasteiger partial charge in [0.05, 0.1) is 21.9 Å². The number of imidazole rings is 1. The highest BCUT2D eigenvalue weighted by atomic mass is 16.2. The molecule has 6 rings (SSSR count). The van der Waals surface area contributed by atoms with Crippen molar-refractivity contribution in [1.29, 1.82) is 0 Å². The van der Waals surface area contributed by atoms with E-state index in [1.807, 2.05) is 66.7 Å². The Bertz CT molecular complexity index is 1740. The molecule has 6 aromatic rings. The Labute approximate surface area is 187 Å². The summed E-state index contributed by atoms with van der Waals surface area (Å²) in [6, 6.07) is 31.8. The van der Waals surface area contributed by atoms with Gasteiger partial charge in [0.2, 0.25) is 0 Å². The van der Waals surface area contributed by atoms with Crippen molar-refractivity contribution < 1.29 is 0 Å². The van der Waals surface area contributed by atoms with Gasteiger partial charge in [0, 0.05) is 11.3 Å². The van der Waals surface area contributed by atoms with Crippen LogP contribution in [0.25, 0.3) is 50.1 Å². The van der Waals surface area contributed by atoms with Gasteiger partial charge in [0.15, 0.2) is 0 Å². The van der Waals surface area contributed by atoms with E-state index < -0.39 is 11.2 Å². The molecule has 0 spiro atoms. The lowest BCUT2D eigenvalue weighted by Gasteiger charge is -2.10. The highest BCUT2D eigenvalue weighted by Gasteiger charge is 2.14. The Kier molecular flexibility index (Phi) is 4.30. The van der Waals surface area contributed by atoms with Gasteiger partial charge in [-0.3, -0.25) is 14.3 Å². The molecule has 0 fully saturated rings. The third-order valence-electron chi connectivity index (χ3n) is 5.79. The Morgan fingerprint density at radius 2 is 1.36 bits per heavy atom. The van der Waals surface area contributed by atoms with Gasteiger partial charge in [-0.2, -0.15) is 0 Å². The zero-order valence-electron chi connectivity index (χ0n) is 17.4. The maximum Gasteiger partial charge on any atom is 0.326 e. The molecule has 6 nitrogen and oxygen atoms in total. The van der Waals surface area contributed by atoms with E-state index in [1.54, 1.807) is 12.1 Å². The number of nitrogens with one attached hydrogen (secondary N) is 2. The Morgan fingerprint density at radius 1 is 0.667 bits per heavy atom. The van der Waals surface area contributed by atoms with Crippen LogP contribution in [-0.4, -0.2) is 19.5 Å². The summed E-state index contributed by atoms with van der Waals surface area (Å²) in [6.07, 6.45) is 0. The molecule has 0 aliphatic carbocycles. The fourth-order valence-corrected chi connectivity index (χ4v) is 4.21. The van der Waals surface area contributed by atoms with Gasteiger partial charge in [-0.25, -0.2) is 9.78 Å². The third-order valence-corrected chi connectivity index (χ3v) is 5.79. The number of aromatic nitrogens is 4. The van der Waals surface area contributed by atoms with Gasteiger partial charge in [0.25, 0.3) is 5.56 Å². The van der Waals surface area contributed by atoms with Crippen LogP contribution in [0.1, 0.15) is 0 Å². The summed E-state index contributed by atoms with van der Waals surface area (Å²) in [6.45, 7) is 0. The number of benzene rings is 4. The molecule has 2 N–H and O–H groups in total. The average Bonchev–Trinajstić information content (AvgIpc) is 3.24. The first kappa shape index (κ1) is 19.0. The molecule has 0 aliphatic heterocycles. The summed E-state index contributed by atoms with van der Waals surface area (Å²) in [5.74, 6) is 0.862. The summed E-state index contributed by atoms with van der Waals surface area (Å²) in [5.41, 5.74) is 5.48. The van der Waals surface area contributed by atoms with Crippen LogP contribution in [0.4, 0.5) is 0 Å². The van der Waals surface area contributed by atoms with E-state index in [0.29, 0.717) is 10.9 Å². The second kappa shape index (κ2) is 7.46. The van der Waals surface area contributed by atoms with Gasteiger partial charge in [0.1, 0.15) is 5.82 Å². The minimum absolute atomic E-state index is 0.399. The average molecular weight is 430 g/mol. The van der Waals surface area contributed by atoms with E-state index in [2.05, 4.69) is 32.7 Å². The van der Waals surface area contributed by atoms with Crippen LogP contribution in [0.3, 0.4) is 0 Å². The molecule has 33 heavy (non-hydrogen) atoms. The van der Waals surface area contributed by atoms with Crippen molar-refractivity contribution in [1.82, 2.24) is 19.5 Å². The lowest BCUT2D eigenvalue weighted by molar-refractivity contribution is 1.08. The first-order valence-electron chi connectivity index (χ1n) is 10.6. The molecule has 0 saturated carbocycles. The maximum absolute atomic E-state index is 12.2. The Balaban J connectivity index is 1.47. The minimum atomic E-state index is -0.508. The van der Waals surface area contributed by atoms with Crippen LogP contribution in [0.2, 0.25) is 0 Å². The van der Waals surface area contributed by atoms with Crippen LogP contribution in [-0.2, 0) is 0 Å². The fourth-order valence-electron chi connectivity index (χ4n) is 4.21. The van der Waals surface area contributed by atoms with Crippen molar-refractivity contribution in [2.24, 2.45) is 0 Å². The predicted molar refractivity (Wildman–Crippen MR) is 131 cm³/mol. The highest BCUT2D eigenvalue weighted by molar-refractivity contribution is 5.85.